The van der Waals surface area contributed by atoms with Crippen molar-refractivity contribution in [3.05, 3.63) is 0 Å². The van der Waals surface area contributed by atoms with Crippen LogP contribution in [0.4, 0.5) is 0 Å². The summed E-state index contributed by atoms with van der Waals surface area (Å²) in [5.74, 6) is -2.11. The molecule has 0 heterocycles. The van der Waals surface area contributed by atoms with E-state index in [0.717, 1.165) is 38.4 Å². The van der Waals surface area contributed by atoms with E-state index >= 15 is 0 Å². The highest BCUT2D eigenvalue weighted by Crippen LogP contribution is 2.13. The molecule has 1 atom stereocenters. The monoisotopic (exact) mass is 701 g/mol. The van der Waals surface area contributed by atoms with E-state index in [4.69, 9.17) is 18.9 Å². The molecule has 284 valence electrons. The number of ether oxygens (including phenoxy) is 4. The highest BCUT2D eigenvalue weighted by molar-refractivity contribution is 5.84. The maximum absolute atomic E-state index is 12.3. The van der Waals surface area contributed by atoms with Crippen LogP contribution in [0.15, 0.2) is 0 Å². The summed E-state index contributed by atoms with van der Waals surface area (Å²) in [7, 11) is 0. The fourth-order valence-electron chi connectivity index (χ4n) is 4.83. The molecule has 0 spiro atoms. The summed E-state index contributed by atoms with van der Waals surface area (Å²) in [5, 5.41) is 17.3. The van der Waals surface area contributed by atoms with E-state index in [1.165, 1.54) is 51.4 Å². The molecule has 0 saturated carbocycles. The molecule has 0 bridgehead atoms. The van der Waals surface area contributed by atoms with Gasteiger partial charge in [0.25, 0.3) is 0 Å². The highest BCUT2D eigenvalue weighted by Gasteiger charge is 2.20. The van der Waals surface area contributed by atoms with E-state index in [2.05, 4.69) is 16.0 Å². The zero-order valence-corrected chi connectivity index (χ0v) is 29.6. The Bertz CT molecular complexity index is 861. The second kappa shape index (κ2) is 36.3. The first-order valence-electron chi connectivity index (χ1n) is 18.1. The lowest BCUT2D eigenvalue weighted by molar-refractivity contribution is -0.142. The van der Waals surface area contributed by atoms with Gasteiger partial charge in [0, 0.05) is 32.4 Å². The number of carbonyl (C=O) groups excluding carboxylic acids is 5. The first kappa shape index (κ1) is 46.1. The van der Waals surface area contributed by atoms with E-state index in [-0.39, 0.29) is 76.6 Å². The summed E-state index contributed by atoms with van der Waals surface area (Å²) < 4.78 is 20.7. The maximum atomic E-state index is 12.3. The second-order valence-corrected chi connectivity index (χ2v) is 11.9. The van der Waals surface area contributed by atoms with Crippen molar-refractivity contribution in [2.75, 3.05) is 65.9 Å². The van der Waals surface area contributed by atoms with Gasteiger partial charge in [0.2, 0.25) is 17.7 Å². The Labute approximate surface area is 292 Å². The number of hydrogen-bond acceptors (Lipinski definition) is 10. The van der Waals surface area contributed by atoms with E-state index in [9.17, 15) is 33.9 Å². The van der Waals surface area contributed by atoms with Crippen molar-refractivity contribution in [3.63, 3.8) is 0 Å². The summed E-state index contributed by atoms with van der Waals surface area (Å²) in [6.07, 6.45) is 18.6. The quantitative estimate of drug-likeness (QED) is 0.0545. The van der Waals surface area contributed by atoms with Crippen LogP contribution in [-0.4, -0.2) is 113 Å². The van der Waals surface area contributed by atoms with E-state index in [1.807, 2.05) is 0 Å². The number of aliphatic carboxylic acids is 1. The van der Waals surface area contributed by atoms with Gasteiger partial charge >= 0.3 is 5.97 Å². The Balaban J connectivity index is 3.66. The molecule has 0 aliphatic heterocycles. The molecule has 49 heavy (non-hydrogen) atoms. The number of carboxylic acids is 1. The van der Waals surface area contributed by atoms with Gasteiger partial charge in [-0.2, -0.15) is 0 Å². The molecule has 0 aromatic rings. The third kappa shape index (κ3) is 34.7. The standard InChI is InChI=1S/C35H63N3O11/c39-21-15-13-11-9-7-5-3-1-2-4-6-8-10-12-14-16-33(42)38-31(35(44)45)17-18-32(41)36-19-23-47-28-29-49-30-34(43)37-20-24-46-26-27-48-25-22-40/h21-22,31H,1-20,23-30H2,(H,36,41)(H,37,43)(H,38,42)(H,44,45). The first-order chi connectivity index (χ1) is 23.9. The van der Waals surface area contributed by atoms with Crippen LogP contribution in [0.3, 0.4) is 0 Å². The van der Waals surface area contributed by atoms with E-state index in [0.29, 0.717) is 45.5 Å². The molecule has 0 radical (unpaired) electrons. The van der Waals surface area contributed by atoms with Gasteiger partial charge in [-0.05, 0) is 19.3 Å². The van der Waals surface area contributed by atoms with Gasteiger partial charge < -0.3 is 49.6 Å². The van der Waals surface area contributed by atoms with E-state index < -0.39 is 12.0 Å². The number of aldehydes is 2. The smallest absolute Gasteiger partial charge is 0.326 e. The lowest BCUT2D eigenvalue weighted by Gasteiger charge is -2.14. The van der Waals surface area contributed by atoms with Crippen molar-refractivity contribution in [1.29, 1.82) is 0 Å². The molecule has 14 heteroatoms. The van der Waals surface area contributed by atoms with Crippen LogP contribution < -0.4 is 16.0 Å². The number of hydrogen-bond donors (Lipinski definition) is 4. The molecule has 1 unspecified atom stereocenters. The minimum absolute atomic E-state index is 0.00693. The fraction of sp³-hybridized carbons (Fsp3) is 0.829. The SMILES string of the molecule is O=CCCCCCCCCCCCCCCCCC(=O)NC(CCC(=O)NCCOCCOCC(=O)NCCOCCOCC=O)C(=O)O. The molecular weight excluding hydrogens is 638 g/mol. The molecule has 0 saturated heterocycles. The molecule has 0 aromatic carbocycles. The van der Waals surface area contributed by atoms with Crippen LogP contribution in [0, 0.1) is 0 Å². The molecule has 0 fully saturated rings. The molecule has 0 aliphatic rings. The van der Waals surface area contributed by atoms with Gasteiger partial charge in [-0.3, -0.25) is 14.4 Å². The molecule has 0 rings (SSSR count). The number of carbonyl (C=O) groups is 6. The Morgan fingerprint density at radius 1 is 0.531 bits per heavy atom. The topological polar surface area (TPSA) is 196 Å². The van der Waals surface area contributed by atoms with E-state index in [1.54, 1.807) is 0 Å². The van der Waals surface area contributed by atoms with Crippen molar-refractivity contribution < 1.29 is 52.8 Å². The molecule has 0 aromatic heterocycles. The van der Waals surface area contributed by atoms with Gasteiger partial charge in [0.05, 0.1) is 39.6 Å². The van der Waals surface area contributed by atoms with Crippen LogP contribution in [0.2, 0.25) is 0 Å². The molecule has 4 N–H and O–H groups in total. The largest absolute Gasteiger partial charge is 0.480 e. The van der Waals surface area contributed by atoms with Gasteiger partial charge in [0.1, 0.15) is 31.8 Å². The number of unbranched alkanes of at least 4 members (excludes halogenated alkanes) is 14. The summed E-state index contributed by atoms with van der Waals surface area (Å²) >= 11 is 0. The summed E-state index contributed by atoms with van der Waals surface area (Å²) in [4.78, 5) is 68.0. The Hall–Kier alpha value is -2.94. The molecular formula is C35H63N3O11. The number of nitrogens with one attached hydrogen (secondary N) is 3. The lowest BCUT2D eigenvalue weighted by atomic mass is 10.0. The second-order valence-electron chi connectivity index (χ2n) is 11.9. The van der Waals surface area contributed by atoms with Crippen molar-refractivity contribution in [2.24, 2.45) is 0 Å². The summed E-state index contributed by atoms with van der Waals surface area (Å²) in [6.45, 7) is 2.05. The van der Waals surface area contributed by atoms with Crippen molar-refractivity contribution in [3.8, 4) is 0 Å². The summed E-state index contributed by atoms with van der Waals surface area (Å²) in [5.41, 5.74) is 0. The third-order valence-corrected chi connectivity index (χ3v) is 7.57. The van der Waals surface area contributed by atoms with Gasteiger partial charge in [-0.1, -0.05) is 77.0 Å². The zero-order valence-electron chi connectivity index (χ0n) is 29.6. The van der Waals surface area contributed by atoms with Crippen LogP contribution in [-0.2, 0) is 47.7 Å². The lowest BCUT2D eigenvalue weighted by Crippen LogP contribution is -2.41. The van der Waals surface area contributed by atoms with Gasteiger partial charge in [0.15, 0.2) is 0 Å². The third-order valence-electron chi connectivity index (χ3n) is 7.57. The zero-order chi connectivity index (χ0) is 36.0. The number of rotatable bonds is 38. The summed E-state index contributed by atoms with van der Waals surface area (Å²) in [6, 6.07) is -1.12. The molecule has 3 amide bonds. The number of carboxylic acid groups (broad SMARTS) is 1. The Morgan fingerprint density at radius 2 is 1.02 bits per heavy atom. The van der Waals surface area contributed by atoms with Gasteiger partial charge in [-0.15, -0.1) is 0 Å². The number of amides is 3. The normalized spacial score (nSPS) is 11.5. The van der Waals surface area contributed by atoms with Crippen LogP contribution in [0.1, 0.15) is 116 Å². The van der Waals surface area contributed by atoms with Crippen molar-refractivity contribution >= 4 is 36.3 Å². The predicted octanol–water partition coefficient (Wildman–Crippen LogP) is 3.27. The molecule has 0 aliphatic carbocycles. The average molecular weight is 702 g/mol. The Morgan fingerprint density at radius 3 is 1.55 bits per heavy atom. The highest BCUT2D eigenvalue weighted by atomic mass is 16.5. The minimum Gasteiger partial charge on any atom is -0.480 e. The van der Waals surface area contributed by atoms with Crippen molar-refractivity contribution in [2.45, 2.75) is 122 Å². The first-order valence-corrected chi connectivity index (χ1v) is 18.1. The fourth-order valence-corrected chi connectivity index (χ4v) is 4.83. The minimum atomic E-state index is -1.17. The molecule has 14 nitrogen and oxygen atoms in total. The van der Waals surface area contributed by atoms with Gasteiger partial charge in [-0.25, -0.2) is 4.79 Å². The Kier molecular flexibility index (Phi) is 34.2. The average Bonchev–Trinajstić information content (AvgIpc) is 3.08. The predicted molar refractivity (Wildman–Crippen MR) is 184 cm³/mol. The van der Waals surface area contributed by atoms with Crippen LogP contribution >= 0.6 is 0 Å². The van der Waals surface area contributed by atoms with Crippen molar-refractivity contribution in [1.82, 2.24) is 16.0 Å². The van der Waals surface area contributed by atoms with Crippen LogP contribution in [0.5, 0.6) is 0 Å². The maximum Gasteiger partial charge on any atom is 0.326 e. The van der Waals surface area contributed by atoms with Crippen LogP contribution in [0.25, 0.3) is 0 Å².